The second-order valence-corrected chi connectivity index (χ2v) is 15.2. The first-order valence-corrected chi connectivity index (χ1v) is 14.4. The van der Waals surface area contributed by atoms with Gasteiger partial charge in [0.15, 0.2) is 14.1 Å². The second-order valence-electron chi connectivity index (χ2n) is 10.5. The Morgan fingerprint density at radius 3 is 2.56 bits per heavy atom. The average Bonchev–Trinajstić information content (AvgIpc) is 3.11. The maximum atomic E-state index is 12.9. The predicted octanol–water partition coefficient (Wildman–Crippen LogP) is 4.20. The summed E-state index contributed by atoms with van der Waals surface area (Å²) in [6.07, 6.45) is 4.67. The number of hydrogen-bond donors (Lipinski definition) is 1. The van der Waals surface area contributed by atoms with Gasteiger partial charge >= 0.3 is 6.09 Å². The molecule has 8 heteroatoms. The Morgan fingerprint density at radius 2 is 2.00 bits per heavy atom. The first-order chi connectivity index (χ1) is 14.8. The van der Waals surface area contributed by atoms with Gasteiger partial charge in [0.25, 0.3) is 0 Å². The summed E-state index contributed by atoms with van der Waals surface area (Å²) in [5.74, 6) is -0.397. The summed E-state index contributed by atoms with van der Waals surface area (Å²) >= 11 is 0. The Hall–Kier alpha value is -1.93. The smallest absolute Gasteiger partial charge is 0.410 e. The number of nitrogens with one attached hydrogen (secondary N) is 1. The summed E-state index contributed by atoms with van der Waals surface area (Å²) < 4.78 is 11.6. The summed E-state index contributed by atoms with van der Waals surface area (Å²) in [6, 6.07) is -0.376. The highest BCUT2D eigenvalue weighted by Crippen LogP contribution is 2.39. The van der Waals surface area contributed by atoms with Gasteiger partial charge in [0.1, 0.15) is 6.61 Å². The Labute approximate surface area is 193 Å². The van der Waals surface area contributed by atoms with E-state index in [4.69, 9.17) is 9.16 Å². The summed E-state index contributed by atoms with van der Waals surface area (Å²) in [5.41, 5.74) is 0.608. The Bertz CT molecular complexity index is 771. The number of allylic oxidation sites excluding steroid dienone is 1. The number of nitrogens with zero attached hydrogens (tertiary/aromatic N) is 1. The Morgan fingerprint density at radius 1 is 1.34 bits per heavy atom. The first kappa shape index (κ1) is 26.3. The number of rotatable bonds is 9. The number of likely N-dealkylation sites (tertiary alicyclic amines) is 1. The van der Waals surface area contributed by atoms with Crippen molar-refractivity contribution in [2.24, 2.45) is 5.92 Å². The lowest BCUT2D eigenvalue weighted by Gasteiger charge is -2.45. The molecule has 0 saturated carbocycles. The molecule has 32 heavy (non-hydrogen) atoms. The largest absolute Gasteiger partial charge is 0.445 e. The van der Waals surface area contributed by atoms with Crippen LogP contribution >= 0.6 is 0 Å². The van der Waals surface area contributed by atoms with Gasteiger partial charge in [-0.3, -0.25) is 9.59 Å². The molecule has 1 N–H and O–H groups in total. The molecule has 2 aliphatic heterocycles. The molecule has 180 valence electrons. The van der Waals surface area contributed by atoms with Crippen molar-refractivity contribution in [2.75, 3.05) is 13.2 Å². The van der Waals surface area contributed by atoms with Crippen LogP contribution < -0.4 is 5.32 Å². The lowest BCUT2D eigenvalue weighted by atomic mass is 9.82. The number of carbonyl (C=O) groups excluding carboxylic acids is 3. The van der Waals surface area contributed by atoms with E-state index in [1.165, 1.54) is 6.08 Å². The van der Waals surface area contributed by atoms with Crippen LogP contribution in [0.3, 0.4) is 0 Å². The third-order valence-corrected chi connectivity index (χ3v) is 11.6. The van der Waals surface area contributed by atoms with Crippen LogP contribution in [0.2, 0.25) is 18.1 Å². The van der Waals surface area contributed by atoms with Crippen LogP contribution in [0.1, 0.15) is 53.9 Å². The normalized spacial score (nSPS) is 25.1. The van der Waals surface area contributed by atoms with Gasteiger partial charge in [-0.1, -0.05) is 39.5 Å². The summed E-state index contributed by atoms with van der Waals surface area (Å²) in [6.45, 7) is 18.9. The topological polar surface area (TPSA) is 84.9 Å². The number of Topliss-reactive ketones (excluding diaryl/α,β-unsaturated/α-hetero) is 1. The van der Waals surface area contributed by atoms with Crippen molar-refractivity contribution in [3.8, 4) is 0 Å². The van der Waals surface area contributed by atoms with Crippen LogP contribution in [-0.4, -0.2) is 62.3 Å². The molecule has 2 rings (SSSR count). The highest BCUT2D eigenvalue weighted by molar-refractivity contribution is 6.74. The van der Waals surface area contributed by atoms with Crippen molar-refractivity contribution in [3.63, 3.8) is 0 Å². The molecule has 0 aliphatic carbocycles. The summed E-state index contributed by atoms with van der Waals surface area (Å²) in [5, 5.41) is 2.93. The van der Waals surface area contributed by atoms with Crippen LogP contribution in [0, 0.1) is 5.92 Å². The van der Waals surface area contributed by atoms with Crippen molar-refractivity contribution >= 4 is 26.1 Å². The van der Waals surface area contributed by atoms with Gasteiger partial charge < -0.3 is 19.4 Å². The fourth-order valence-corrected chi connectivity index (χ4v) is 5.47. The number of carbonyl (C=O) groups is 3. The molecule has 0 spiro atoms. The van der Waals surface area contributed by atoms with Crippen LogP contribution in [0.25, 0.3) is 0 Å². The summed E-state index contributed by atoms with van der Waals surface area (Å²) in [4.78, 5) is 39.1. The molecule has 2 amide bonds. The third kappa shape index (κ3) is 6.10. The van der Waals surface area contributed by atoms with Crippen LogP contribution in [0.15, 0.2) is 24.3 Å². The molecule has 0 radical (unpaired) electrons. The molecule has 7 nitrogen and oxygen atoms in total. The molecule has 2 aliphatic rings. The molecular formula is C24H40N2O5Si. The number of ether oxygens (including phenoxy) is 1. The van der Waals surface area contributed by atoms with E-state index in [2.05, 4.69) is 45.8 Å². The maximum Gasteiger partial charge on any atom is 0.410 e. The Balaban J connectivity index is 1.99. The minimum absolute atomic E-state index is 0.0224. The third-order valence-electron chi connectivity index (χ3n) is 7.00. The molecule has 0 aromatic rings. The van der Waals surface area contributed by atoms with Crippen molar-refractivity contribution < 1.29 is 23.5 Å². The van der Waals surface area contributed by atoms with Crippen LogP contribution in [0.4, 0.5) is 4.79 Å². The van der Waals surface area contributed by atoms with E-state index >= 15 is 0 Å². The number of amides is 2. The zero-order valence-electron chi connectivity index (χ0n) is 20.7. The van der Waals surface area contributed by atoms with Crippen molar-refractivity contribution in [1.29, 1.82) is 0 Å². The lowest BCUT2D eigenvalue weighted by molar-refractivity contribution is -0.141. The molecule has 0 aromatic carbocycles. The SMILES string of the molecule is C=CCOC(=O)N1CCC[C@H]1/C=C(\C)C(=O)C[C@H]1NC(=O)[C@@H]1[C@@H](C)O[Si](C)(C)C(C)(C)C. The second kappa shape index (κ2) is 10.3. The fourth-order valence-electron chi connectivity index (χ4n) is 4.04. The van der Waals surface area contributed by atoms with Crippen molar-refractivity contribution in [1.82, 2.24) is 10.2 Å². The van der Waals surface area contributed by atoms with Gasteiger partial charge in [-0.05, 0) is 50.4 Å². The molecular weight excluding hydrogens is 424 g/mol. The minimum Gasteiger partial charge on any atom is -0.445 e. The molecule has 2 heterocycles. The van der Waals surface area contributed by atoms with E-state index in [1.54, 1.807) is 11.8 Å². The molecule has 0 aromatic heterocycles. The zero-order valence-corrected chi connectivity index (χ0v) is 21.7. The number of ketones is 1. The summed E-state index contributed by atoms with van der Waals surface area (Å²) in [7, 11) is -2.02. The Kier molecular flexibility index (Phi) is 8.50. The van der Waals surface area contributed by atoms with E-state index in [9.17, 15) is 14.4 Å². The highest BCUT2D eigenvalue weighted by atomic mass is 28.4. The van der Waals surface area contributed by atoms with E-state index < -0.39 is 8.32 Å². The molecule has 0 unspecified atom stereocenters. The maximum absolute atomic E-state index is 12.9. The lowest BCUT2D eigenvalue weighted by Crippen LogP contribution is -2.64. The first-order valence-electron chi connectivity index (χ1n) is 11.5. The van der Waals surface area contributed by atoms with Gasteiger partial charge in [-0.15, -0.1) is 0 Å². The fraction of sp³-hybridized carbons (Fsp3) is 0.708. The minimum atomic E-state index is -2.02. The van der Waals surface area contributed by atoms with E-state index in [-0.39, 0.29) is 60.0 Å². The van der Waals surface area contributed by atoms with Gasteiger partial charge in [0, 0.05) is 13.0 Å². The molecule has 2 fully saturated rings. The predicted molar refractivity (Wildman–Crippen MR) is 128 cm³/mol. The molecule has 0 bridgehead atoms. The van der Waals surface area contributed by atoms with Crippen LogP contribution in [-0.2, 0) is 18.8 Å². The molecule has 4 atom stereocenters. The zero-order chi connectivity index (χ0) is 24.3. The van der Waals surface area contributed by atoms with E-state index in [0.717, 1.165) is 12.8 Å². The average molecular weight is 465 g/mol. The molecule has 2 saturated heterocycles. The van der Waals surface area contributed by atoms with Gasteiger partial charge in [-0.25, -0.2) is 4.79 Å². The van der Waals surface area contributed by atoms with Crippen molar-refractivity contribution in [2.45, 2.75) is 90.2 Å². The van der Waals surface area contributed by atoms with Gasteiger partial charge in [-0.2, -0.15) is 0 Å². The van der Waals surface area contributed by atoms with Crippen LogP contribution in [0.5, 0.6) is 0 Å². The quantitative estimate of drug-likeness (QED) is 0.239. The number of hydrogen-bond acceptors (Lipinski definition) is 5. The monoisotopic (exact) mass is 464 g/mol. The standard InChI is InChI=1S/C24H40N2O5Si/c1-9-13-30-23(29)26-12-10-11-18(26)14-16(2)20(27)15-19-21(22(28)25-19)17(3)31-32(7,8)24(4,5)6/h9,14,17-19,21H,1,10-13,15H2,2-8H3,(H,25,28)/b16-14+/t17-,18+,19-,21-/m1/s1. The van der Waals surface area contributed by atoms with Gasteiger partial charge in [0.05, 0.1) is 24.1 Å². The van der Waals surface area contributed by atoms with Crippen molar-refractivity contribution in [3.05, 3.63) is 24.3 Å². The highest BCUT2D eigenvalue weighted by Gasteiger charge is 2.48. The van der Waals surface area contributed by atoms with Gasteiger partial charge in [0.2, 0.25) is 5.91 Å². The van der Waals surface area contributed by atoms with E-state index in [0.29, 0.717) is 12.1 Å². The number of β-lactam (4-membered cyclic amide) rings is 1. The van der Waals surface area contributed by atoms with E-state index in [1.807, 2.05) is 13.0 Å².